The van der Waals surface area contributed by atoms with Gasteiger partial charge in [-0.15, -0.1) is 0 Å². The second-order valence-electron chi connectivity index (χ2n) is 4.10. The molecule has 0 aliphatic heterocycles. The van der Waals surface area contributed by atoms with Gasteiger partial charge < -0.3 is 10.4 Å². The summed E-state index contributed by atoms with van der Waals surface area (Å²) in [6.07, 6.45) is 1.36. The van der Waals surface area contributed by atoms with Crippen LogP contribution in [-0.4, -0.2) is 25.6 Å². The molecule has 0 bridgehead atoms. The first-order chi connectivity index (χ1) is 9.51. The van der Waals surface area contributed by atoms with E-state index in [4.69, 9.17) is 5.11 Å². The zero-order valence-electron chi connectivity index (χ0n) is 10.9. The highest BCUT2D eigenvalue weighted by molar-refractivity contribution is 7.89. The van der Waals surface area contributed by atoms with Gasteiger partial charge in [0.25, 0.3) is 0 Å². The van der Waals surface area contributed by atoms with Crippen molar-refractivity contribution in [2.24, 2.45) is 0 Å². The Kier molecular flexibility index (Phi) is 4.21. The molecule has 1 aromatic heterocycles. The third-order valence-corrected chi connectivity index (χ3v) is 4.11. The molecule has 0 saturated heterocycles. The Hall–Kier alpha value is -2.12. The Balaban J connectivity index is 2.11. The number of rotatable bonds is 5. The van der Waals surface area contributed by atoms with Gasteiger partial charge in [-0.2, -0.15) is 0 Å². The van der Waals surface area contributed by atoms with Gasteiger partial charge in [-0.3, -0.25) is 4.98 Å². The minimum absolute atomic E-state index is 0.107. The van der Waals surface area contributed by atoms with Crippen molar-refractivity contribution >= 4 is 15.7 Å². The molecular weight excluding hydrogens is 278 g/mol. The molecule has 106 valence electrons. The summed E-state index contributed by atoms with van der Waals surface area (Å²) < 4.78 is 25.6. The Bertz CT molecular complexity index is 684. The van der Waals surface area contributed by atoms with Crippen molar-refractivity contribution in [1.29, 1.82) is 0 Å². The summed E-state index contributed by atoms with van der Waals surface area (Å²) >= 11 is 0. The fraction of sp³-hybridized carbons (Fsp3) is 0.154. The van der Waals surface area contributed by atoms with Crippen LogP contribution in [0.3, 0.4) is 0 Å². The number of anilines is 1. The molecule has 0 aliphatic carbocycles. The fourth-order valence-corrected chi connectivity index (χ4v) is 2.38. The van der Waals surface area contributed by atoms with E-state index >= 15 is 0 Å². The highest BCUT2D eigenvalue weighted by atomic mass is 32.2. The van der Waals surface area contributed by atoms with Crippen molar-refractivity contribution in [3.05, 3.63) is 48.3 Å². The van der Waals surface area contributed by atoms with Crippen LogP contribution in [0.5, 0.6) is 5.75 Å². The van der Waals surface area contributed by atoms with E-state index in [1.54, 1.807) is 30.3 Å². The molecule has 2 aromatic rings. The Morgan fingerprint density at radius 2 is 2.05 bits per heavy atom. The lowest BCUT2D eigenvalue weighted by atomic mass is 10.3. The van der Waals surface area contributed by atoms with Crippen LogP contribution in [0.4, 0.5) is 5.69 Å². The first kappa shape index (κ1) is 14.3. The number of pyridine rings is 1. The number of benzene rings is 1. The molecule has 0 spiro atoms. The van der Waals surface area contributed by atoms with E-state index in [0.29, 0.717) is 12.2 Å². The van der Waals surface area contributed by atoms with Crippen LogP contribution in [0.1, 0.15) is 5.69 Å². The van der Waals surface area contributed by atoms with Gasteiger partial charge in [0.15, 0.2) is 0 Å². The summed E-state index contributed by atoms with van der Waals surface area (Å²) in [5.74, 6) is 0.107. The van der Waals surface area contributed by atoms with E-state index in [2.05, 4.69) is 15.0 Å². The van der Waals surface area contributed by atoms with Crippen LogP contribution in [0, 0.1) is 0 Å². The molecule has 0 saturated carbocycles. The summed E-state index contributed by atoms with van der Waals surface area (Å²) in [6, 6.07) is 9.75. The largest absolute Gasteiger partial charge is 0.506 e. The molecule has 20 heavy (non-hydrogen) atoms. The molecule has 0 radical (unpaired) electrons. The van der Waals surface area contributed by atoms with Crippen LogP contribution in [0.15, 0.2) is 47.5 Å². The Morgan fingerprint density at radius 1 is 1.25 bits per heavy atom. The van der Waals surface area contributed by atoms with Crippen molar-refractivity contribution in [2.45, 2.75) is 11.4 Å². The van der Waals surface area contributed by atoms with Gasteiger partial charge in [0.1, 0.15) is 5.75 Å². The lowest BCUT2D eigenvalue weighted by molar-refractivity contribution is 0.472. The number of aromatic nitrogens is 1. The average Bonchev–Trinajstić information content (AvgIpc) is 2.47. The monoisotopic (exact) mass is 293 g/mol. The maximum absolute atomic E-state index is 11.7. The van der Waals surface area contributed by atoms with Gasteiger partial charge in [0, 0.05) is 5.69 Å². The van der Waals surface area contributed by atoms with Gasteiger partial charge in [-0.25, -0.2) is 13.1 Å². The maximum atomic E-state index is 11.7. The third kappa shape index (κ3) is 3.46. The molecule has 6 nitrogen and oxygen atoms in total. The van der Waals surface area contributed by atoms with Crippen molar-refractivity contribution in [3.63, 3.8) is 0 Å². The minimum atomic E-state index is -3.45. The van der Waals surface area contributed by atoms with Crippen molar-refractivity contribution < 1.29 is 13.5 Å². The van der Waals surface area contributed by atoms with Crippen LogP contribution in [-0.2, 0) is 16.6 Å². The standard InChI is InChI=1S/C13H15N3O3S/c1-14-20(18,19)13-4-2-3-10(7-13)15-8-11-5-6-12(17)9-16-11/h2-7,9,14-15,17H,8H2,1H3. The van der Waals surface area contributed by atoms with Crippen LogP contribution in [0.2, 0.25) is 0 Å². The van der Waals surface area contributed by atoms with Gasteiger partial charge in [-0.1, -0.05) is 6.07 Å². The predicted octanol–water partition coefficient (Wildman–Crippen LogP) is 1.31. The number of aromatic hydroxyl groups is 1. The fourth-order valence-electron chi connectivity index (χ4n) is 1.60. The molecule has 0 fully saturated rings. The number of sulfonamides is 1. The lowest BCUT2D eigenvalue weighted by Gasteiger charge is -2.08. The van der Waals surface area contributed by atoms with Crippen molar-refractivity contribution in [3.8, 4) is 5.75 Å². The van der Waals surface area contributed by atoms with E-state index in [1.165, 1.54) is 19.3 Å². The third-order valence-electron chi connectivity index (χ3n) is 2.70. The van der Waals surface area contributed by atoms with Gasteiger partial charge in [-0.05, 0) is 37.4 Å². The van der Waals surface area contributed by atoms with Gasteiger partial charge >= 0.3 is 0 Å². The summed E-state index contributed by atoms with van der Waals surface area (Å²) in [5, 5.41) is 12.2. The number of hydrogen-bond donors (Lipinski definition) is 3. The van der Waals surface area contributed by atoms with Crippen molar-refractivity contribution in [2.75, 3.05) is 12.4 Å². The molecule has 0 atom stereocenters. The first-order valence-corrected chi connectivity index (χ1v) is 7.41. The highest BCUT2D eigenvalue weighted by Crippen LogP contribution is 2.16. The quantitative estimate of drug-likeness (QED) is 0.773. The van der Waals surface area contributed by atoms with Crippen LogP contribution in [0.25, 0.3) is 0 Å². The van der Waals surface area contributed by atoms with E-state index < -0.39 is 10.0 Å². The normalized spacial score (nSPS) is 11.2. The summed E-state index contributed by atoms with van der Waals surface area (Å²) in [7, 11) is -2.08. The molecule has 7 heteroatoms. The Labute approximate surface area is 117 Å². The molecule has 1 aromatic carbocycles. The second-order valence-corrected chi connectivity index (χ2v) is 5.98. The van der Waals surface area contributed by atoms with Crippen LogP contribution < -0.4 is 10.0 Å². The summed E-state index contributed by atoms with van der Waals surface area (Å²) in [5.41, 5.74) is 1.42. The van der Waals surface area contributed by atoms with Gasteiger partial charge in [0.05, 0.1) is 23.3 Å². The second kappa shape index (κ2) is 5.89. The zero-order chi connectivity index (χ0) is 14.6. The average molecular weight is 293 g/mol. The molecule has 3 N–H and O–H groups in total. The first-order valence-electron chi connectivity index (χ1n) is 5.92. The smallest absolute Gasteiger partial charge is 0.240 e. The molecule has 0 amide bonds. The maximum Gasteiger partial charge on any atom is 0.240 e. The number of nitrogens with zero attached hydrogens (tertiary/aromatic N) is 1. The lowest BCUT2D eigenvalue weighted by Crippen LogP contribution is -2.18. The Morgan fingerprint density at radius 3 is 2.70 bits per heavy atom. The molecule has 1 heterocycles. The van der Waals surface area contributed by atoms with E-state index in [0.717, 1.165) is 5.69 Å². The predicted molar refractivity (Wildman–Crippen MR) is 75.9 cm³/mol. The molecule has 0 unspecified atom stereocenters. The topological polar surface area (TPSA) is 91.3 Å². The summed E-state index contributed by atoms with van der Waals surface area (Å²) in [6.45, 7) is 0.434. The van der Waals surface area contributed by atoms with E-state index in [9.17, 15) is 8.42 Å². The molecular formula is C13H15N3O3S. The molecule has 2 rings (SSSR count). The van der Waals surface area contributed by atoms with Gasteiger partial charge in [0.2, 0.25) is 10.0 Å². The SMILES string of the molecule is CNS(=O)(=O)c1cccc(NCc2ccc(O)cn2)c1. The van der Waals surface area contributed by atoms with Crippen molar-refractivity contribution in [1.82, 2.24) is 9.71 Å². The highest BCUT2D eigenvalue weighted by Gasteiger charge is 2.11. The molecule has 0 aliphatic rings. The zero-order valence-corrected chi connectivity index (χ0v) is 11.7. The van der Waals surface area contributed by atoms with E-state index in [1.807, 2.05) is 0 Å². The summed E-state index contributed by atoms with van der Waals surface area (Å²) in [4.78, 5) is 4.24. The minimum Gasteiger partial charge on any atom is -0.506 e. The number of hydrogen-bond acceptors (Lipinski definition) is 5. The number of nitrogens with one attached hydrogen (secondary N) is 2. The van der Waals surface area contributed by atoms with E-state index in [-0.39, 0.29) is 10.6 Å². The van der Waals surface area contributed by atoms with Crippen LogP contribution >= 0.6 is 0 Å².